The Morgan fingerprint density at radius 1 is 1.00 bits per heavy atom. The first-order valence-corrected chi connectivity index (χ1v) is 11.1. The number of fused-ring (bicyclic) bond motifs is 1. The SMILES string of the molecule is CCCCCc1sc2nc(N3CCNCC3)nc(N)c2c1CCCCC.Cl. The molecule has 0 unspecified atom stereocenters. The van der Waals surface area contributed by atoms with E-state index in [0.717, 1.165) is 55.2 Å². The maximum absolute atomic E-state index is 6.45. The number of nitrogen functional groups attached to an aromatic ring is 1. The second-order valence-corrected chi connectivity index (χ2v) is 8.33. The average Bonchev–Trinajstić information content (AvgIpc) is 3.01. The van der Waals surface area contributed by atoms with Crippen molar-refractivity contribution in [3.63, 3.8) is 0 Å². The summed E-state index contributed by atoms with van der Waals surface area (Å²) in [7, 11) is 0. The van der Waals surface area contributed by atoms with Gasteiger partial charge in [-0.1, -0.05) is 39.5 Å². The predicted molar refractivity (Wildman–Crippen MR) is 121 cm³/mol. The van der Waals surface area contributed by atoms with Crippen molar-refractivity contribution in [1.82, 2.24) is 15.3 Å². The lowest BCUT2D eigenvalue weighted by molar-refractivity contribution is 0.581. The van der Waals surface area contributed by atoms with Gasteiger partial charge < -0.3 is 16.0 Å². The minimum Gasteiger partial charge on any atom is -0.383 e. The minimum absolute atomic E-state index is 0. The summed E-state index contributed by atoms with van der Waals surface area (Å²) in [6.07, 6.45) is 9.79. The van der Waals surface area contributed by atoms with Gasteiger partial charge in [-0.25, -0.2) is 4.98 Å². The molecule has 152 valence electrons. The van der Waals surface area contributed by atoms with E-state index in [9.17, 15) is 0 Å². The molecule has 0 radical (unpaired) electrons. The number of piperazine rings is 1. The van der Waals surface area contributed by atoms with Crippen LogP contribution < -0.4 is 16.0 Å². The van der Waals surface area contributed by atoms with Crippen LogP contribution in [0.1, 0.15) is 62.8 Å². The second kappa shape index (κ2) is 11.0. The molecule has 3 rings (SSSR count). The molecule has 2 aromatic heterocycles. The van der Waals surface area contributed by atoms with E-state index < -0.39 is 0 Å². The van der Waals surface area contributed by atoms with Gasteiger partial charge in [0.2, 0.25) is 5.95 Å². The van der Waals surface area contributed by atoms with Gasteiger partial charge in [0.15, 0.2) is 0 Å². The number of aromatic nitrogens is 2. The number of anilines is 2. The highest BCUT2D eigenvalue weighted by Crippen LogP contribution is 2.36. The molecule has 5 nitrogen and oxygen atoms in total. The molecular formula is C20H34ClN5S. The molecule has 0 atom stereocenters. The molecule has 1 saturated heterocycles. The number of thiophene rings is 1. The van der Waals surface area contributed by atoms with Gasteiger partial charge in [-0.3, -0.25) is 0 Å². The standard InChI is InChI=1S/C20H33N5S.ClH/c1-3-5-7-9-15-16(10-8-6-4-2)26-19-17(15)18(21)23-20(24-19)25-13-11-22-12-14-25;/h22H,3-14H2,1-2H3,(H2,21,23,24);1H. The van der Waals surface area contributed by atoms with Gasteiger partial charge in [0, 0.05) is 31.1 Å². The maximum Gasteiger partial charge on any atom is 0.228 e. The minimum atomic E-state index is 0. The largest absolute Gasteiger partial charge is 0.383 e. The van der Waals surface area contributed by atoms with E-state index >= 15 is 0 Å². The Hall–Kier alpha value is -1.11. The van der Waals surface area contributed by atoms with Gasteiger partial charge >= 0.3 is 0 Å². The topological polar surface area (TPSA) is 67.1 Å². The van der Waals surface area contributed by atoms with Crippen LogP contribution in [0.15, 0.2) is 0 Å². The molecule has 1 aliphatic rings. The third-order valence-corrected chi connectivity index (χ3v) is 6.37. The van der Waals surface area contributed by atoms with Crippen molar-refractivity contribution in [2.24, 2.45) is 0 Å². The monoisotopic (exact) mass is 411 g/mol. The number of nitrogens with zero attached hydrogens (tertiary/aromatic N) is 3. The number of unbranched alkanes of at least 4 members (excludes halogenated alkanes) is 4. The third kappa shape index (κ3) is 5.46. The summed E-state index contributed by atoms with van der Waals surface area (Å²) in [5.74, 6) is 1.48. The molecule has 0 aliphatic carbocycles. The van der Waals surface area contributed by atoms with Gasteiger partial charge in [0.1, 0.15) is 10.6 Å². The molecule has 27 heavy (non-hydrogen) atoms. The molecule has 2 aromatic rings. The summed E-state index contributed by atoms with van der Waals surface area (Å²) >= 11 is 1.85. The Kier molecular flexibility index (Phi) is 9.06. The fourth-order valence-corrected chi connectivity index (χ4v) is 4.94. The summed E-state index contributed by atoms with van der Waals surface area (Å²) < 4.78 is 0. The highest BCUT2D eigenvalue weighted by molar-refractivity contribution is 7.19. The number of nitrogens with two attached hydrogens (primary N) is 1. The molecule has 0 aromatic carbocycles. The first kappa shape index (κ1) is 22.2. The van der Waals surface area contributed by atoms with Crippen LogP contribution in [-0.4, -0.2) is 36.1 Å². The molecule has 3 N–H and O–H groups in total. The first-order chi connectivity index (χ1) is 12.7. The van der Waals surface area contributed by atoms with Gasteiger partial charge in [-0.2, -0.15) is 4.98 Å². The molecule has 1 aliphatic heterocycles. The average molecular weight is 412 g/mol. The highest BCUT2D eigenvalue weighted by Gasteiger charge is 2.20. The number of rotatable bonds is 9. The molecule has 3 heterocycles. The van der Waals surface area contributed by atoms with E-state index in [1.807, 2.05) is 11.3 Å². The van der Waals surface area contributed by atoms with Crippen molar-refractivity contribution in [3.05, 3.63) is 10.4 Å². The van der Waals surface area contributed by atoms with Gasteiger partial charge in [-0.05, 0) is 31.2 Å². The lowest BCUT2D eigenvalue weighted by atomic mass is 10.0. The Balaban J connectivity index is 0.00000261. The fourth-order valence-electron chi connectivity index (χ4n) is 3.68. The van der Waals surface area contributed by atoms with Crippen LogP contribution >= 0.6 is 23.7 Å². The lowest BCUT2D eigenvalue weighted by Crippen LogP contribution is -2.44. The van der Waals surface area contributed by atoms with Crippen molar-refractivity contribution >= 4 is 45.7 Å². The van der Waals surface area contributed by atoms with Crippen molar-refractivity contribution in [1.29, 1.82) is 0 Å². The highest BCUT2D eigenvalue weighted by atomic mass is 35.5. The van der Waals surface area contributed by atoms with E-state index in [4.69, 9.17) is 15.7 Å². The first-order valence-electron chi connectivity index (χ1n) is 10.3. The molecular weight excluding hydrogens is 378 g/mol. The summed E-state index contributed by atoms with van der Waals surface area (Å²) in [6, 6.07) is 0. The number of hydrogen-bond acceptors (Lipinski definition) is 6. The van der Waals surface area contributed by atoms with Gasteiger partial charge in [0.25, 0.3) is 0 Å². The van der Waals surface area contributed by atoms with E-state index in [1.54, 1.807) is 0 Å². The Labute approximate surface area is 173 Å². The second-order valence-electron chi connectivity index (χ2n) is 7.24. The van der Waals surface area contributed by atoms with Crippen LogP contribution in [0.2, 0.25) is 0 Å². The maximum atomic E-state index is 6.45. The summed E-state index contributed by atoms with van der Waals surface area (Å²) in [4.78, 5) is 14.4. The van der Waals surface area contributed by atoms with Crippen LogP contribution in [0, 0.1) is 0 Å². The number of hydrogen-bond donors (Lipinski definition) is 2. The molecule has 1 fully saturated rings. The van der Waals surface area contributed by atoms with Gasteiger partial charge in [0.05, 0.1) is 5.39 Å². The lowest BCUT2D eigenvalue weighted by Gasteiger charge is -2.27. The molecule has 0 bridgehead atoms. The summed E-state index contributed by atoms with van der Waals surface area (Å²) in [6.45, 7) is 8.38. The van der Waals surface area contributed by atoms with E-state index in [2.05, 4.69) is 24.1 Å². The van der Waals surface area contributed by atoms with Crippen LogP contribution in [0.5, 0.6) is 0 Å². The smallest absolute Gasteiger partial charge is 0.228 e. The number of nitrogens with one attached hydrogen (secondary N) is 1. The summed E-state index contributed by atoms with van der Waals surface area (Å²) in [5.41, 5.74) is 7.88. The normalized spacial score (nSPS) is 14.5. The quantitative estimate of drug-likeness (QED) is 0.591. The zero-order valence-corrected chi connectivity index (χ0v) is 18.4. The van der Waals surface area contributed by atoms with Gasteiger partial charge in [-0.15, -0.1) is 23.7 Å². The van der Waals surface area contributed by atoms with Crippen LogP contribution in [-0.2, 0) is 12.8 Å². The zero-order valence-electron chi connectivity index (χ0n) is 16.7. The van der Waals surface area contributed by atoms with Crippen molar-refractivity contribution in [3.8, 4) is 0 Å². The molecule has 7 heteroatoms. The zero-order chi connectivity index (χ0) is 18.4. The Morgan fingerprint density at radius 3 is 2.33 bits per heavy atom. The van der Waals surface area contributed by atoms with Crippen LogP contribution in [0.25, 0.3) is 10.2 Å². The Morgan fingerprint density at radius 2 is 1.67 bits per heavy atom. The number of halogens is 1. The Bertz CT molecular complexity index is 712. The van der Waals surface area contributed by atoms with E-state index in [-0.39, 0.29) is 12.4 Å². The van der Waals surface area contributed by atoms with Crippen LogP contribution in [0.4, 0.5) is 11.8 Å². The predicted octanol–water partition coefficient (Wildman–Crippen LogP) is 4.57. The van der Waals surface area contributed by atoms with E-state index in [1.165, 1.54) is 49.0 Å². The van der Waals surface area contributed by atoms with Crippen molar-refractivity contribution < 1.29 is 0 Å². The third-order valence-electron chi connectivity index (χ3n) is 5.19. The van der Waals surface area contributed by atoms with Crippen molar-refractivity contribution in [2.75, 3.05) is 36.8 Å². The number of aryl methyl sites for hydroxylation is 2. The van der Waals surface area contributed by atoms with Crippen LogP contribution in [0.3, 0.4) is 0 Å². The van der Waals surface area contributed by atoms with Crippen molar-refractivity contribution in [2.45, 2.75) is 65.2 Å². The molecule has 0 amide bonds. The summed E-state index contributed by atoms with van der Waals surface area (Å²) in [5, 5.41) is 4.52. The molecule has 0 spiro atoms. The fraction of sp³-hybridized carbons (Fsp3) is 0.700. The molecule has 0 saturated carbocycles. The van der Waals surface area contributed by atoms with E-state index in [0.29, 0.717) is 5.82 Å².